The number of likely N-dealkylation sites (tertiary alicyclic amines) is 1. The minimum absolute atomic E-state index is 0.0648. The molecule has 1 aromatic carbocycles. The van der Waals surface area contributed by atoms with Crippen molar-refractivity contribution in [3.05, 3.63) is 24.3 Å². The average molecular weight is 482 g/mol. The van der Waals surface area contributed by atoms with Gasteiger partial charge in [-0.25, -0.2) is 0 Å². The highest BCUT2D eigenvalue weighted by molar-refractivity contribution is 5.79. The summed E-state index contributed by atoms with van der Waals surface area (Å²) >= 11 is 0. The van der Waals surface area contributed by atoms with Gasteiger partial charge >= 0.3 is 6.01 Å². The molecule has 1 atom stereocenters. The van der Waals surface area contributed by atoms with Crippen molar-refractivity contribution >= 4 is 11.9 Å². The Morgan fingerprint density at radius 3 is 2.54 bits per heavy atom. The minimum Gasteiger partial charge on any atom is -0.497 e. The van der Waals surface area contributed by atoms with Crippen molar-refractivity contribution in [1.82, 2.24) is 20.4 Å². The van der Waals surface area contributed by atoms with Crippen LogP contribution in [-0.2, 0) is 4.79 Å². The molecule has 1 amide bonds. The molecule has 1 N–H and O–H groups in total. The van der Waals surface area contributed by atoms with Crippen LogP contribution in [0.5, 0.6) is 5.75 Å². The van der Waals surface area contributed by atoms with Gasteiger partial charge in [0.2, 0.25) is 11.7 Å². The number of rotatable bonds is 8. The summed E-state index contributed by atoms with van der Waals surface area (Å²) in [5, 5.41) is 7.40. The van der Waals surface area contributed by atoms with E-state index in [2.05, 4.69) is 25.3 Å². The van der Waals surface area contributed by atoms with Crippen molar-refractivity contribution in [3.8, 4) is 17.1 Å². The van der Waals surface area contributed by atoms with Gasteiger partial charge in [0.15, 0.2) is 0 Å². The maximum Gasteiger partial charge on any atom is 0.324 e. The minimum atomic E-state index is 0.0648. The van der Waals surface area contributed by atoms with E-state index in [0.717, 1.165) is 56.3 Å². The number of aromatic nitrogens is 2. The Bertz CT molecular complexity index is 948. The van der Waals surface area contributed by atoms with E-state index in [9.17, 15) is 4.79 Å². The topological polar surface area (TPSA) is 83.7 Å². The molecule has 3 aliphatic rings. The number of nitrogens with one attached hydrogen (secondary N) is 1. The van der Waals surface area contributed by atoms with Crippen LogP contribution in [0, 0.1) is 17.8 Å². The van der Waals surface area contributed by atoms with Gasteiger partial charge in [0, 0.05) is 44.2 Å². The van der Waals surface area contributed by atoms with Gasteiger partial charge in [0.1, 0.15) is 5.75 Å². The molecule has 3 fully saturated rings. The number of ether oxygens (including phenoxy) is 1. The first-order valence-electron chi connectivity index (χ1n) is 13.4. The van der Waals surface area contributed by atoms with Gasteiger partial charge < -0.3 is 24.4 Å². The Labute approximate surface area is 208 Å². The van der Waals surface area contributed by atoms with Crippen molar-refractivity contribution < 1.29 is 14.1 Å². The Kier molecular flexibility index (Phi) is 7.86. The molecule has 2 aliphatic heterocycles. The maximum absolute atomic E-state index is 12.8. The summed E-state index contributed by atoms with van der Waals surface area (Å²) in [6.45, 7) is 5.91. The van der Waals surface area contributed by atoms with Crippen molar-refractivity contribution in [2.24, 2.45) is 17.8 Å². The number of nitrogens with zero attached hydrogens (tertiary/aromatic N) is 4. The highest BCUT2D eigenvalue weighted by Crippen LogP contribution is 2.28. The molecule has 2 saturated heterocycles. The van der Waals surface area contributed by atoms with Crippen LogP contribution in [-0.4, -0.2) is 67.3 Å². The summed E-state index contributed by atoms with van der Waals surface area (Å²) in [7, 11) is 1.65. The number of methoxy groups -OCH3 is 1. The molecule has 35 heavy (non-hydrogen) atoms. The van der Waals surface area contributed by atoms with E-state index in [0.29, 0.717) is 17.8 Å². The maximum atomic E-state index is 12.8. The molecule has 3 heterocycles. The predicted molar refractivity (Wildman–Crippen MR) is 135 cm³/mol. The van der Waals surface area contributed by atoms with E-state index in [-0.39, 0.29) is 11.8 Å². The zero-order chi connectivity index (χ0) is 24.0. The standard InChI is InChI=1S/C27H39N5O3/c1-34-24-9-7-22(8-10-24)25-29-27(35-30-25)32-15-12-23(13-16-32)26(33)28-17-21-11-14-31(19-21)18-20-5-3-2-4-6-20/h7-10,20-21,23H,2-6,11-19H2,1H3,(H,28,33). The molecule has 0 radical (unpaired) electrons. The summed E-state index contributed by atoms with van der Waals surface area (Å²) in [6, 6.07) is 8.14. The van der Waals surface area contributed by atoms with Crippen LogP contribution >= 0.6 is 0 Å². The zero-order valence-corrected chi connectivity index (χ0v) is 21.0. The fraction of sp³-hybridized carbons (Fsp3) is 0.667. The Balaban J connectivity index is 1.03. The lowest BCUT2D eigenvalue weighted by atomic mass is 9.89. The number of hydrogen-bond acceptors (Lipinski definition) is 7. The summed E-state index contributed by atoms with van der Waals surface area (Å²) in [5.74, 6) is 3.12. The first-order valence-corrected chi connectivity index (χ1v) is 13.4. The third kappa shape index (κ3) is 6.15. The molecule has 5 rings (SSSR count). The highest BCUT2D eigenvalue weighted by atomic mass is 16.5. The molecule has 2 aromatic rings. The number of amides is 1. The molecule has 190 valence electrons. The third-order valence-electron chi connectivity index (χ3n) is 8.08. The highest BCUT2D eigenvalue weighted by Gasteiger charge is 2.29. The van der Waals surface area contributed by atoms with E-state index in [1.807, 2.05) is 24.3 Å². The van der Waals surface area contributed by atoms with Crippen molar-refractivity contribution in [2.45, 2.75) is 51.4 Å². The lowest BCUT2D eigenvalue weighted by Gasteiger charge is -2.30. The predicted octanol–water partition coefficient (Wildman–Crippen LogP) is 3.98. The van der Waals surface area contributed by atoms with E-state index < -0.39 is 0 Å². The van der Waals surface area contributed by atoms with Crippen molar-refractivity contribution in [1.29, 1.82) is 0 Å². The smallest absolute Gasteiger partial charge is 0.324 e. The number of anilines is 1. The normalized spacial score (nSPS) is 22.4. The molecule has 0 spiro atoms. The van der Waals surface area contributed by atoms with Crippen LogP contribution in [0.3, 0.4) is 0 Å². The molecule has 1 saturated carbocycles. The van der Waals surface area contributed by atoms with E-state index in [1.54, 1.807) is 7.11 Å². The third-order valence-corrected chi connectivity index (χ3v) is 8.08. The molecular formula is C27H39N5O3. The molecule has 1 aromatic heterocycles. The molecule has 8 nitrogen and oxygen atoms in total. The van der Waals surface area contributed by atoms with E-state index in [1.165, 1.54) is 51.6 Å². The van der Waals surface area contributed by atoms with Gasteiger partial charge in [-0.3, -0.25) is 4.79 Å². The SMILES string of the molecule is COc1ccc(-c2noc(N3CCC(C(=O)NCC4CCN(CC5CCCCC5)C4)CC3)n2)cc1. The van der Waals surface area contributed by atoms with Gasteiger partial charge in [-0.05, 0) is 74.8 Å². The van der Waals surface area contributed by atoms with Gasteiger partial charge in [-0.1, -0.05) is 24.4 Å². The first-order chi connectivity index (χ1) is 17.2. The fourth-order valence-electron chi connectivity index (χ4n) is 5.90. The molecule has 1 unspecified atom stereocenters. The van der Waals surface area contributed by atoms with E-state index in [4.69, 9.17) is 9.26 Å². The molecule has 0 bridgehead atoms. The number of piperidine rings is 1. The summed E-state index contributed by atoms with van der Waals surface area (Å²) in [5.41, 5.74) is 0.888. The van der Waals surface area contributed by atoms with Crippen molar-refractivity contribution in [3.63, 3.8) is 0 Å². The first kappa shape index (κ1) is 24.1. The summed E-state index contributed by atoms with van der Waals surface area (Å²) in [6.07, 6.45) is 9.88. The monoisotopic (exact) mass is 481 g/mol. The second-order valence-corrected chi connectivity index (χ2v) is 10.6. The largest absolute Gasteiger partial charge is 0.497 e. The lowest BCUT2D eigenvalue weighted by molar-refractivity contribution is -0.125. The zero-order valence-electron chi connectivity index (χ0n) is 21.0. The summed E-state index contributed by atoms with van der Waals surface area (Å²) in [4.78, 5) is 22.1. The quantitative estimate of drug-likeness (QED) is 0.611. The molecule has 8 heteroatoms. The van der Waals surface area contributed by atoms with Crippen LogP contribution in [0.25, 0.3) is 11.4 Å². The van der Waals surface area contributed by atoms with Crippen LogP contribution in [0.2, 0.25) is 0 Å². The second kappa shape index (κ2) is 11.4. The van der Waals surface area contributed by atoms with Crippen molar-refractivity contribution in [2.75, 3.05) is 51.3 Å². The van der Waals surface area contributed by atoms with E-state index >= 15 is 0 Å². The van der Waals surface area contributed by atoms with Crippen LogP contribution < -0.4 is 15.0 Å². The Hall–Kier alpha value is -2.61. The van der Waals surface area contributed by atoms with Crippen LogP contribution in [0.15, 0.2) is 28.8 Å². The number of hydrogen-bond donors (Lipinski definition) is 1. The number of benzene rings is 1. The number of carbonyl (C=O) groups is 1. The van der Waals surface area contributed by atoms with Crippen LogP contribution in [0.1, 0.15) is 51.4 Å². The summed E-state index contributed by atoms with van der Waals surface area (Å²) < 4.78 is 10.7. The molecule has 1 aliphatic carbocycles. The van der Waals surface area contributed by atoms with Gasteiger partial charge in [-0.2, -0.15) is 4.98 Å². The van der Waals surface area contributed by atoms with Gasteiger partial charge in [0.25, 0.3) is 0 Å². The van der Waals surface area contributed by atoms with Crippen LogP contribution in [0.4, 0.5) is 6.01 Å². The number of carbonyl (C=O) groups excluding carboxylic acids is 1. The Morgan fingerprint density at radius 1 is 1.03 bits per heavy atom. The fourth-order valence-corrected chi connectivity index (χ4v) is 5.90. The van der Waals surface area contributed by atoms with Gasteiger partial charge in [0.05, 0.1) is 7.11 Å². The lowest BCUT2D eigenvalue weighted by Crippen LogP contribution is -2.42. The van der Waals surface area contributed by atoms with Gasteiger partial charge in [-0.15, -0.1) is 0 Å². The average Bonchev–Trinajstić information content (AvgIpc) is 3.58. The molecular weight excluding hydrogens is 442 g/mol. The second-order valence-electron chi connectivity index (χ2n) is 10.6. The Morgan fingerprint density at radius 2 is 1.80 bits per heavy atom.